The molecule has 3 aromatic carbocycles. The van der Waals surface area contributed by atoms with Gasteiger partial charge in [-0.3, -0.25) is 0 Å². The molecule has 0 unspecified atom stereocenters. The number of halogens is 5. The predicted octanol–water partition coefficient (Wildman–Crippen LogP) is 8.23. The van der Waals surface area contributed by atoms with Crippen LogP contribution in [0.15, 0.2) is 66.9 Å². The molecule has 0 amide bonds. The van der Waals surface area contributed by atoms with E-state index in [2.05, 4.69) is 4.98 Å². The van der Waals surface area contributed by atoms with Gasteiger partial charge in [-0.25, -0.2) is 18.6 Å². The molecule has 0 aliphatic rings. The zero-order valence-electron chi connectivity index (χ0n) is 17.4. The number of ether oxygens (including phenoxy) is 2. The molecule has 0 atom stereocenters. The number of rotatable bonds is 5. The van der Waals surface area contributed by atoms with Gasteiger partial charge >= 0.3 is 5.97 Å². The molecule has 4 rings (SSSR count). The van der Waals surface area contributed by atoms with Crippen LogP contribution in [-0.4, -0.2) is 18.1 Å². The fraction of sp³-hybridized carbons (Fsp3) is 0.0400. The summed E-state index contributed by atoms with van der Waals surface area (Å²) in [5.41, 5.74) is 0.647. The normalized spacial score (nSPS) is 10.8. The van der Waals surface area contributed by atoms with Crippen molar-refractivity contribution in [2.75, 3.05) is 7.11 Å². The Morgan fingerprint density at radius 3 is 2.29 bits per heavy atom. The number of hydrogen-bond acceptors (Lipinski definition) is 4. The third kappa shape index (κ3) is 4.71. The third-order valence-corrected chi connectivity index (χ3v) is 5.70. The zero-order valence-corrected chi connectivity index (χ0v) is 19.7. The van der Waals surface area contributed by atoms with Crippen LogP contribution in [0.5, 0.6) is 11.6 Å². The quantitative estimate of drug-likeness (QED) is 0.249. The zero-order chi connectivity index (χ0) is 24.4. The van der Waals surface area contributed by atoms with Crippen molar-refractivity contribution in [3.05, 3.63) is 99.1 Å². The lowest BCUT2D eigenvalue weighted by molar-refractivity contribution is 0.0597. The highest BCUT2D eigenvalue weighted by Crippen LogP contribution is 2.46. The van der Waals surface area contributed by atoms with E-state index in [0.717, 1.165) is 6.07 Å². The lowest BCUT2D eigenvalue weighted by Gasteiger charge is -2.19. The van der Waals surface area contributed by atoms with Crippen molar-refractivity contribution < 1.29 is 23.0 Å². The summed E-state index contributed by atoms with van der Waals surface area (Å²) in [6.07, 6.45) is 1.39. The molecule has 0 bridgehead atoms. The van der Waals surface area contributed by atoms with Crippen LogP contribution < -0.4 is 4.74 Å². The van der Waals surface area contributed by atoms with Crippen molar-refractivity contribution in [2.24, 2.45) is 0 Å². The number of pyridine rings is 1. The minimum atomic E-state index is -1.18. The SMILES string of the molecule is COC(=O)c1cccnc1Oc1cc(F)c(F)c(-c2ccc(Cl)cc2)c1-c1ccc(Cl)cc1Cl. The Morgan fingerprint density at radius 2 is 1.62 bits per heavy atom. The van der Waals surface area contributed by atoms with Crippen molar-refractivity contribution in [1.29, 1.82) is 0 Å². The van der Waals surface area contributed by atoms with Gasteiger partial charge < -0.3 is 9.47 Å². The number of esters is 1. The van der Waals surface area contributed by atoms with Crippen molar-refractivity contribution in [3.8, 4) is 33.9 Å². The van der Waals surface area contributed by atoms with Gasteiger partial charge in [0, 0.05) is 39.0 Å². The molecule has 0 radical (unpaired) electrons. The first-order valence-electron chi connectivity index (χ1n) is 9.74. The summed E-state index contributed by atoms with van der Waals surface area (Å²) < 4.78 is 40.8. The van der Waals surface area contributed by atoms with E-state index in [1.165, 1.54) is 43.6 Å². The van der Waals surface area contributed by atoms with Gasteiger partial charge in [0.05, 0.1) is 12.1 Å². The molecule has 1 heterocycles. The van der Waals surface area contributed by atoms with Gasteiger partial charge in [0.1, 0.15) is 11.3 Å². The molecule has 0 N–H and O–H groups in total. The monoisotopic (exact) mass is 519 g/mol. The Balaban J connectivity index is 2.03. The highest BCUT2D eigenvalue weighted by atomic mass is 35.5. The second-order valence-electron chi connectivity index (χ2n) is 7.00. The summed E-state index contributed by atoms with van der Waals surface area (Å²) in [4.78, 5) is 16.3. The Kier molecular flexibility index (Phi) is 7.03. The number of nitrogens with zero attached hydrogens (tertiary/aromatic N) is 1. The smallest absolute Gasteiger partial charge is 0.343 e. The maximum absolute atomic E-state index is 15.3. The Bertz CT molecular complexity index is 1400. The number of hydrogen-bond donors (Lipinski definition) is 0. The molecule has 0 saturated carbocycles. The van der Waals surface area contributed by atoms with Crippen LogP contribution in [0.25, 0.3) is 22.3 Å². The van der Waals surface area contributed by atoms with Crippen molar-refractivity contribution in [2.45, 2.75) is 0 Å². The molecule has 0 aliphatic heterocycles. The fourth-order valence-corrected chi connectivity index (χ4v) is 4.00. The molecule has 0 fully saturated rings. The minimum absolute atomic E-state index is 0.00377. The summed E-state index contributed by atoms with van der Waals surface area (Å²) in [7, 11) is 1.20. The second kappa shape index (κ2) is 9.97. The lowest BCUT2D eigenvalue weighted by Crippen LogP contribution is -2.06. The second-order valence-corrected chi connectivity index (χ2v) is 8.28. The summed E-state index contributed by atoms with van der Waals surface area (Å²) in [5, 5.41) is 0.941. The highest BCUT2D eigenvalue weighted by Gasteiger charge is 2.26. The largest absolute Gasteiger partial charge is 0.465 e. The summed E-state index contributed by atoms with van der Waals surface area (Å²) >= 11 is 18.5. The topological polar surface area (TPSA) is 48.4 Å². The van der Waals surface area contributed by atoms with Gasteiger partial charge in [0.15, 0.2) is 11.6 Å². The van der Waals surface area contributed by atoms with E-state index in [1.807, 2.05) is 0 Å². The fourth-order valence-electron chi connectivity index (χ4n) is 3.37. The van der Waals surface area contributed by atoms with Gasteiger partial charge in [-0.05, 0) is 42.0 Å². The molecular formula is C25H14Cl3F2NO3. The number of benzene rings is 3. The van der Waals surface area contributed by atoms with Gasteiger partial charge in [-0.15, -0.1) is 0 Å². The molecule has 0 aliphatic carbocycles. The van der Waals surface area contributed by atoms with Gasteiger partial charge in [0.25, 0.3) is 0 Å². The van der Waals surface area contributed by atoms with E-state index in [0.29, 0.717) is 21.2 Å². The lowest BCUT2D eigenvalue weighted by atomic mass is 9.92. The first-order valence-corrected chi connectivity index (χ1v) is 10.9. The Morgan fingerprint density at radius 1 is 0.912 bits per heavy atom. The van der Waals surface area contributed by atoms with E-state index in [-0.39, 0.29) is 33.3 Å². The molecular weight excluding hydrogens is 507 g/mol. The highest BCUT2D eigenvalue weighted by molar-refractivity contribution is 6.36. The number of carbonyl (C=O) groups excluding carboxylic acids is 1. The average molecular weight is 521 g/mol. The molecule has 34 heavy (non-hydrogen) atoms. The molecule has 9 heteroatoms. The van der Waals surface area contributed by atoms with E-state index < -0.39 is 17.6 Å². The van der Waals surface area contributed by atoms with Crippen LogP contribution in [0.1, 0.15) is 10.4 Å². The minimum Gasteiger partial charge on any atom is -0.465 e. The van der Waals surface area contributed by atoms with Crippen molar-refractivity contribution in [1.82, 2.24) is 4.98 Å². The van der Waals surface area contributed by atoms with E-state index in [9.17, 15) is 9.18 Å². The van der Waals surface area contributed by atoms with Gasteiger partial charge in [-0.1, -0.05) is 53.0 Å². The Hall–Kier alpha value is -3.19. The van der Waals surface area contributed by atoms with E-state index in [1.54, 1.807) is 24.3 Å². The van der Waals surface area contributed by atoms with Crippen molar-refractivity contribution >= 4 is 40.8 Å². The molecule has 4 aromatic rings. The van der Waals surface area contributed by atoms with Crippen LogP contribution in [0.4, 0.5) is 8.78 Å². The number of aromatic nitrogens is 1. The van der Waals surface area contributed by atoms with Gasteiger partial charge in [-0.2, -0.15) is 0 Å². The maximum atomic E-state index is 15.3. The van der Waals surface area contributed by atoms with Crippen molar-refractivity contribution in [3.63, 3.8) is 0 Å². The van der Waals surface area contributed by atoms with Crippen LogP contribution in [0, 0.1) is 11.6 Å². The maximum Gasteiger partial charge on any atom is 0.343 e. The summed E-state index contributed by atoms with van der Waals surface area (Å²) in [5.74, 6) is -3.30. The van der Waals surface area contributed by atoms with E-state index in [4.69, 9.17) is 44.3 Å². The average Bonchev–Trinajstić information content (AvgIpc) is 2.82. The van der Waals surface area contributed by atoms with Crippen LogP contribution in [0.3, 0.4) is 0 Å². The van der Waals surface area contributed by atoms with Crippen LogP contribution in [-0.2, 0) is 4.74 Å². The standard InChI is InChI=1S/C25H14Cl3F2NO3/c1-33-25(32)17-3-2-10-31-24(17)34-20-12-19(29)23(30)21(13-4-6-14(26)7-5-13)22(20)16-9-8-15(27)11-18(16)28/h2-12H,1H3. The third-order valence-electron chi connectivity index (χ3n) is 4.90. The predicted molar refractivity (Wildman–Crippen MR) is 128 cm³/mol. The molecule has 4 nitrogen and oxygen atoms in total. The van der Waals surface area contributed by atoms with Crippen LogP contribution in [0.2, 0.25) is 15.1 Å². The van der Waals surface area contributed by atoms with Gasteiger partial charge in [0.2, 0.25) is 5.88 Å². The number of carbonyl (C=O) groups is 1. The molecule has 0 spiro atoms. The molecule has 172 valence electrons. The molecule has 0 saturated heterocycles. The molecule has 1 aromatic heterocycles. The summed E-state index contributed by atoms with van der Waals surface area (Å²) in [6, 6.07) is 14.6. The summed E-state index contributed by atoms with van der Waals surface area (Å²) in [6.45, 7) is 0. The van der Waals surface area contributed by atoms with Crippen LogP contribution >= 0.6 is 34.8 Å². The number of methoxy groups -OCH3 is 1. The Labute approximate surface area is 208 Å². The first kappa shape index (κ1) is 24.0. The first-order chi connectivity index (χ1) is 16.3. The van der Waals surface area contributed by atoms with E-state index >= 15 is 4.39 Å².